The standard InChI is InChI=1S/C29H35N3O9/c1-11-13-9-7-12(8-10-14(33)31-28(2,3)4)21(34)16(13)22(35)17-15(11)23(36)19-20(32(5)6)24(37)18(27(30)39)25(38)29(19)26(17)40-41-29/h7,9,11,15,19-20,23,34,36,38H,8,10H2,1-6H3,(H2,30,39)(H,31,33)/t11-,15+,19+,20-,23-,29+/m0/s1. The van der Waals surface area contributed by atoms with Crippen molar-refractivity contribution in [3.63, 3.8) is 0 Å². The van der Waals surface area contributed by atoms with Crippen LogP contribution < -0.4 is 11.1 Å². The minimum Gasteiger partial charge on any atom is -0.508 e. The molecule has 1 aromatic rings. The van der Waals surface area contributed by atoms with Crippen molar-refractivity contribution in [2.45, 2.75) is 69.7 Å². The Balaban J connectivity index is 1.64. The van der Waals surface area contributed by atoms with Crippen molar-refractivity contribution in [1.82, 2.24) is 10.2 Å². The van der Waals surface area contributed by atoms with Gasteiger partial charge in [0.1, 0.15) is 11.3 Å². The van der Waals surface area contributed by atoms with Crippen LogP contribution in [0.1, 0.15) is 61.5 Å². The van der Waals surface area contributed by atoms with Crippen molar-refractivity contribution >= 4 is 23.4 Å². The number of rotatable bonds is 5. The van der Waals surface area contributed by atoms with Gasteiger partial charge in [-0.2, -0.15) is 4.89 Å². The molecule has 12 heteroatoms. The number of nitrogens with two attached hydrogens (primary N) is 1. The largest absolute Gasteiger partial charge is 0.508 e. The molecule has 1 aliphatic heterocycles. The van der Waals surface area contributed by atoms with E-state index in [1.54, 1.807) is 33.2 Å². The van der Waals surface area contributed by atoms with E-state index in [0.717, 1.165) is 0 Å². The van der Waals surface area contributed by atoms with Gasteiger partial charge in [-0.3, -0.25) is 24.1 Å². The van der Waals surface area contributed by atoms with Gasteiger partial charge in [0.2, 0.25) is 11.5 Å². The first-order valence-electron chi connectivity index (χ1n) is 13.5. The molecule has 1 spiro atoms. The summed E-state index contributed by atoms with van der Waals surface area (Å²) in [5, 5.41) is 37.2. The first kappa shape index (κ1) is 28.8. The summed E-state index contributed by atoms with van der Waals surface area (Å²) in [7, 11) is 3.16. The number of benzene rings is 1. The van der Waals surface area contributed by atoms with Crippen LogP contribution in [0.15, 0.2) is 34.8 Å². The number of nitrogens with zero attached hydrogens (tertiary/aromatic N) is 1. The molecule has 1 heterocycles. The monoisotopic (exact) mass is 569 g/mol. The maximum atomic E-state index is 14.1. The lowest BCUT2D eigenvalue weighted by molar-refractivity contribution is -0.443. The Hall–Kier alpha value is -3.74. The van der Waals surface area contributed by atoms with Crippen LogP contribution >= 0.6 is 0 Å². The van der Waals surface area contributed by atoms with E-state index in [0.29, 0.717) is 11.1 Å². The molecule has 4 aliphatic rings. The molecule has 6 atom stereocenters. The van der Waals surface area contributed by atoms with E-state index in [-0.39, 0.29) is 41.4 Å². The number of hydrogen-bond acceptors (Lipinski definition) is 10. The third kappa shape index (κ3) is 3.99. The highest BCUT2D eigenvalue weighted by atomic mass is 17.3. The molecule has 1 saturated heterocycles. The van der Waals surface area contributed by atoms with Gasteiger partial charge in [-0.25, -0.2) is 0 Å². The van der Waals surface area contributed by atoms with Crippen molar-refractivity contribution in [1.29, 1.82) is 0 Å². The van der Waals surface area contributed by atoms with Crippen LogP contribution in [0, 0.1) is 11.8 Å². The second kappa shape index (κ2) is 9.40. The topological polar surface area (TPSA) is 189 Å². The summed E-state index contributed by atoms with van der Waals surface area (Å²) < 4.78 is 0. The zero-order valence-corrected chi connectivity index (χ0v) is 23.8. The molecular weight excluding hydrogens is 534 g/mol. The highest BCUT2D eigenvalue weighted by Gasteiger charge is 2.73. The first-order chi connectivity index (χ1) is 19.0. The number of aliphatic hydroxyl groups excluding tert-OH is 2. The van der Waals surface area contributed by atoms with E-state index in [2.05, 4.69) is 5.32 Å². The highest BCUT2D eigenvalue weighted by Crippen LogP contribution is 2.62. The zero-order valence-electron chi connectivity index (χ0n) is 23.8. The number of phenolic OH excluding ortho intramolecular Hbond substituents is 1. The summed E-state index contributed by atoms with van der Waals surface area (Å²) in [6.07, 6.45) is -1.15. The number of aliphatic hydroxyl groups is 2. The van der Waals surface area contributed by atoms with E-state index in [1.165, 1.54) is 4.90 Å². The first-order valence-corrected chi connectivity index (χ1v) is 13.5. The SMILES string of the molecule is C[C@H]1c2ccc(CCC(=O)NC(C)(C)C)c(O)c2C(=O)C2=C3OO[C@]34C(O)=C(C(N)=O)C(=O)[C@@H](N(C)C)[C@@H]4[C@@H](O)[C@@H]21. The third-order valence-electron chi connectivity index (χ3n) is 8.55. The van der Waals surface area contributed by atoms with E-state index in [4.69, 9.17) is 15.5 Å². The molecule has 220 valence electrons. The van der Waals surface area contributed by atoms with Crippen LogP contribution in [0.2, 0.25) is 0 Å². The van der Waals surface area contributed by atoms with Gasteiger partial charge in [-0.1, -0.05) is 19.1 Å². The summed E-state index contributed by atoms with van der Waals surface area (Å²) in [5.74, 6) is -6.62. The lowest BCUT2D eigenvalue weighted by atomic mass is 9.55. The minimum atomic E-state index is -2.00. The molecular formula is C29H35N3O9. The quantitative estimate of drug-likeness (QED) is 0.252. The number of primary amides is 1. The fourth-order valence-electron chi connectivity index (χ4n) is 6.86. The number of amides is 2. The number of likely N-dealkylation sites (N-methyl/N-ethyl adjacent to an activating group) is 1. The molecule has 0 bridgehead atoms. The second-order valence-electron chi connectivity index (χ2n) is 12.5. The smallest absolute Gasteiger partial charge is 0.255 e. The lowest BCUT2D eigenvalue weighted by Crippen LogP contribution is -2.71. The van der Waals surface area contributed by atoms with Gasteiger partial charge in [0.05, 0.1) is 29.2 Å². The Morgan fingerprint density at radius 2 is 1.83 bits per heavy atom. The number of Topliss-reactive ketones (excluding diaryl/α,β-unsaturated/α-hetero) is 2. The van der Waals surface area contributed by atoms with Crippen molar-refractivity contribution in [3.8, 4) is 5.75 Å². The fraction of sp³-hybridized carbons (Fsp3) is 0.517. The van der Waals surface area contributed by atoms with Gasteiger partial charge < -0.3 is 31.3 Å². The predicted molar refractivity (Wildman–Crippen MR) is 143 cm³/mol. The van der Waals surface area contributed by atoms with Crippen LogP contribution in [-0.4, -0.2) is 81.0 Å². The molecule has 1 aromatic carbocycles. The zero-order chi connectivity index (χ0) is 30.3. The fourth-order valence-corrected chi connectivity index (χ4v) is 6.86. The molecule has 6 N–H and O–H groups in total. The Kier molecular flexibility index (Phi) is 6.60. The van der Waals surface area contributed by atoms with Crippen molar-refractivity contribution in [3.05, 3.63) is 51.5 Å². The average molecular weight is 570 g/mol. The third-order valence-corrected chi connectivity index (χ3v) is 8.55. The van der Waals surface area contributed by atoms with Crippen LogP contribution in [0.5, 0.6) is 5.75 Å². The van der Waals surface area contributed by atoms with Gasteiger partial charge >= 0.3 is 0 Å². The number of fused-ring (bicyclic) bond motifs is 2. The van der Waals surface area contributed by atoms with Crippen LogP contribution in [-0.2, 0) is 30.6 Å². The molecule has 5 rings (SSSR count). The number of phenols is 1. The predicted octanol–water partition coefficient (Wildman–Crippen LogP) is 0.911. The van der Waals surface area contributed by atoms with Crippen LogP contribution in [0.3, 0.4) is 0 Å². The van der Waals surface area contributed by atoms with Gasteiger partial charge in [-0.05, 0) is 58.3 Å². The average Bonchev–Trinajstić information content (AvgIpc) is 2.82. The van der Waals surface area contributed by atoms with Crippen molar-refractivity contribution < 1.29 is 44.3 Å². The maximum absolute atomic E-state index is 14.1. The summed E-state index contributed by atoms with van der Waals surface area (Å²) in [6.45, 7) is 7.35. The molecule has 3 aliphatic carbocycles. The molecule has 2 amide bonds. The van der Waals surface area contributed by atoms with Crippen molar-refractivity contribution in [2.75, 3.05) is 14.1 Å². The number of nitrogens with one attached hydrogen (secondary N) is 1. The Morgan fingerprint density at radius 3 is 2.37 bits per heavy atom. The Labute approximate surface area is 236 Å². The van der Waals surface area contributed by atoms with Gasteiger partial charge in [0.25, 0.3) is 5.91 Å². The maximum Gasteiger partial charge on any atom is 0.255 e. The molecule has 0 saturated carbocycles. The lowest BCUT2D eigenvalue weighted by Gasteiger charge is -2.58. The number of ketones is 2. The Bertz CT molecular complexity index is 1450. The number of aromatic hydroxyl groups is 1. The summed E-state index contributed by atoms with van der Waals surface area (Å²) >= 11 is 0. The molecule has 0 unspecified atom stereocenters. The van der Waals surface area contributed by atoms with Gasteiger partial charge in [0, 0.05) is 17.9 Å². The minimum absolute atomic E-state index is 0.00378. The number of carbonyl (C=O) groups excluding carboxylic acids is 4. The highest BCUT2D eigenvalue weighted by molar-refractivity contribution is 6.22. The molecule has 0 aromatic heterocycles. The van der Waals surface area contributed by atoms with Crippen LogP contribution in [0.25, 0.3) is 0 Å². The van der Waals surface area contributed by atoms with Gasteiger partial charge in [-0.15, -0.1) is 0 Å². The molecule has 12 nitrogen and oxygen atoms in total. The number of aryl methyl sites for hydroxylation is 1. The van der Waals surface area contributed by atoms with E-state index in [1.807, 2.05) is 20.8 Å². The van der Waals surface area contributed by atoms with Crippen molar-refractivity contribution in [2.24, 2.45) is 17.6 Å². The second-order valence-corrected chi connectivity index (χ2v) is 12.5. The Morgan fingerprint density at radius 1 is 1.17 bits per heavy atom. The normalized spacial score (nSPS) is 30.6. The number of hydrogen-bond donors (Lipinski definition) is 5. The summed E-state index contributed by atoms with van der Waals surface area (Å²) in [5.41, 5.74) is 3.19. The molecule has 0 radical (unpaired) electrons. The van der Waals surface area contributed by atoms with E-state index < -0.39 is 69.8 Å². The van der Waals surface area contributed by atoms with E-state index >= 15 is 0 Å². The number of carbonyl (C=O) groups is 4. The van der Waals surface area contributed by atoms with Gasteiger partial charge in [0.15, 0.2) is 23.1 Å². The molecule has 1 fully saturated rings. The van der Waals surface area contributed by atoms with Crippen LogP contribution in [0.4, 0.5) is 0 Å². The summed E-state index contributed by atoms with van der Waals surface area (Å²) in [6, 6.07) is 2.21. The van der Waals surface area contributed by atoms with E-state index in [9.17, 15) is 34.5 Å². The molecule has 41 heavy (non-hydrogen) atoms. The summed E-state index contributed by atoms with van der Waals surface area (Å²) in [4.78, 5) is 64.4.